The van der Waals surface area contributed by atoms with Crippen LogP contribution in [0.2, 0.25) is 0 Å². The number of fused-ring (bicyclic) bond motifs is 2. The Balaban J connectivity index is 0.744. The van der Waals surface area contributed by atoms with Crippen LogP contribution >= 0.6 is 0 Å². The molecule has 3 saturated heterocycles. The normalized spacial score (nSPS) is 22.4. The Morgan fingerprint density at radius 3 is 2.20 bits per heavy atom. The van der Waals surface area contributed by atoms with Crippen LogP contribution in [0.5, 0.6) is 17.2 Å². The highest BCUT2D eigenvalue weighted by molar-refractivity contribution is 6.05. The minimum Gasteiger partial charge on any atom is -0.496 e. The van der Waals surface area contributed by atoms with Crippen molar-refractivity contribution in [1.29, 1.82) is 0 Å². The number of carbonyl (C=O) groups excluding carboxylic acids is 4. The van der Waals surface area contributed by atoms with Gasteiger partial charge in [-0.1, -0.05) is 0 Å². The SMILES string of the molecule is COc1cc(-c2cn(C)c(=O)c3c2CCC(=O)N3)cc(OC)c1CN1CCC(CN2CCC3(CC2)CC(Oc2ccc4c(c2)CN(C2CCC(=O)NC2=O)C4=O)C3)CC1. The maximum absolute atomic E-state index is 13.1. The predicted octanol–water partition coefficient (Wildman–Crippen LogP) is 4.25. The molecule has 1 aromatic heterocycles. The molecule has 1 atom stereocenters. The summed E-state index contributed by atoms with van der Waals surface area (Å²) < 4.78 is 19.9. The Hall–Kier alpha value is -5.21. The van der Waals surface area contributed by atoms with E-state index in [0.717, 1.165) is 110 Å². The van der Waals surface area contributed by atoms with Crippen LogP contribution in [0, 0.1) is 11.3 Å². The van der Waals surface area contributed by atoms with Crippen molar-refractivity contribution in [1.82, 2.24) is 24.6 Å². The molecular formula is C45H54N6O8. The second-order valence-corrected chi connectivity index (χ2v) is 17.6. The number of nitrogens with zero attached hydrogens (tertiary/aromatic N) is 4. The van der Waals surface area contributed by atoms with Crippen molar-refractivity contribution >= 4 is 29.3 Å². The van der Waals surface area contributed by atoms with Gasteiger partial charge in [0.15, 0.2) is 0 Å². The molecule has 4 fully saturated rings. The van der Waals surface area contributed by atoms with Gasteiger partial charge in [0.25, 0.3) is 11.5 Å². The zero-order valence-electron chi connectivity index (χ0n) is 34.3. The van der Waals surface area contributed by atoms with Crippen molar-refractivity contribution in [3.05, 3.63) is 69.1 Å². The van der Waals surface area contributed by atoms with Crippen LogP contribution in [0.4, 0.5) is 5.69 Å². The fourth-order valence-corrected chi connectivity index (χ4v) is 10.5. The van der Waals surface area contributed by atoms with Crippen molar-refractivity contribution in [2.24, 2.45) is 18.4 Å². The van der Waals surface area contributed by atoms with E-state index in [1.807, 2.05) is 36.5 Å². The summed E-state index contributed by atoms with van der Waals surface area (Å²) in [5, 5.41) is 5.16. The number of aromatic nitrogens is 1. The Bertz CT molecular complexity index is 2220. The fraction of sp³-hybridized carbons (Fsp3) is 0.533. The molecular weight excluding hydrogens is 753 g/mol. The number of rotatable bonds is 10. The summed E-state index contributed by atoms with van der Waals surface area (Å²) in [5.41, 5.74) is 5.59. The number of piperidine rings is 3. The van der Waals surface area contributed by atoms with Gasteiger partial charge in [0.2, 0.25) is 17.7 Å². The minimum atomic E-state index is -0.617. The number of aryl methyl sites for hydroxylation is 1. The van der Waals surface area contributed by atoms with Crippen LogP contribution < -0.4 is 30.4 Å². The Labute approximate surface area is 344 Å². The molecule has 14 heteroatoms. The molecule has 1 saturated carbocycles. The third-order valence-electron chi connectivity index (χ3n) is 13.9. The first-order chi connectivity index (χ1) is 28.5. The highest BCUT2D eigenvalue weighted by Gasteiger charge is 2.47. The lowest BCUT2D eigenvalue weighted by Crippen LogP contribution is -2.52. The zero-order valence-corrected chi connectivity index (χ0v) is 34.3. The summed E-state index contributed by atoms with van der Waals surface area (Å²) >= 11 is 0. The second-order valence-electron chi connectivity index (χ2n) is 17.6. The molecule has 14 nitrogen and oxygen atoms in total. The summed E-state index contributed by atoms with van der Waals surface area (Å²) in [4.78, 5) is 68.9. The molecule has 59 heavy (non-hydrogen) atoms. The van der Waals surface area contributed by atoms with Gasteiger partial charge in [0.05, 0.1) is 25.9 Å². The van der Waals surface area contributed by atoms with Gasteiger partial charge in [0.1, 0.15) is 29.0 Å². The number of hydrogen-bond acceptors (Lipinski definition) is 10. The summed E-state index contributed by atoms with van der Waals surface area (Å²) in [6, 6.07) is 9.07. The Morgan fingerprint density at radius 2 is 1.51 bits per heavy atom. The van der Waals surface area contributed by atoms with Gasteiger partial charge in [0, 0.05) is 56.8 Å². The van der Waals surface area contributed by atoms with Crippen molar-refractivity contribution in [3.8, 4) is 28.4 Å². The number of methoxy groups -OCH3 is 2. The van der Waals surface area contributed by atoms with E-state index < -0.39 is 11.9 Å². The first kappa shape index (κ1) is 39.3. The van der Waals surface area contributed by atoms with Crippen LogP contribution in [0.15, 0.2) is 41.3 Å². The summed E-state index contributed by atoms with van der Waals surface area (Å²) in [6.07, 6.45) is 10.2. The number of imide groups is 1. The van der Waals surface area contributed by atoms with Gasteiger partial charge in [-0.2, -0.15) is 0 Å². The first-order valence-electron chi connectivity index (χ1n) is 21.2. The van der Waals surface area contributed by atoms with Gasteiger partial charge < -0.3 is 33.9 Å². The molecule has 2 N–H and O–H groups in total. The quantitative estimate of drug-likeness (QED) is 0.285. The average molecular weight is 807 g/mol. The largest absolute Gasteiger partial charge is 0.496 e. The third-order valence-corrected chi connectivity index (χ3v) is 13.9. The Kier molecular flexibility index (Phi) is 10.5. The number of benzene rings is 2. The van der Waals surface area contributed by atoms with E-state index in [1.165, 1.54) is 17.4 Å². The molecule has 6 heterocycles. The van der Waals surface area contributed by atoms with E-state index >= 15 is 0 Å². The maximum atomic E-state index is 13.1. The lowest BCUT2D eigenvalue weighted by molar-refractivity contribution is -0.137. The molecule has 5 aliphatic heterocycles. The lowest BCUT2D eigenvalue weighted by Gasteiger charge is -2.52. The van der Waals surface area contributed by atoms with Crippen LogP contribution in [0.1, 0.15) is 84.8 Å². The molecule has 3 aromatic rings. The molecule has 1 spiro atoms. The van der Waals surface area contributed by atoms with Crippen LogP contribution in [0.25, 0.3) is 11.1 Å². The molecule has 4 amide bonds. The van der Waals surface area contributed by atoms with E-state index in [-0.39, 0.29) is 35.8 Å². The second kappa shape index (κ2) is 15.8. The van der Waals surface area contributed by atoms with E-state index in [2.05, 4.69) is 20.4 Å². The topological polar surface area (TPSA) is 152 Å². The maximum Gasteiger partial charge on any atom is 0.274 e. The van der Waals surface area contributed by atoms with Crippen molar-refractivity contribution in [2.75, 3.05) is 52.3 Å². The lowest BCUT2D eigenvalue weighted by atomic mass is 9.61. The van der Waals surface area contributed by atoms with Gasteiger partial charge in [-0.15, -0.1) is 0 Å². The number of amides is 4. The standard InChI is InChI=1S/C45H54N6O8/c1-48-25-34(33-6-8-39(52)46-41(33)44(48)56)28-19-37(57-2)35(38(20-28)58-3)26-49-14-10-27(11-15-49)23-50-16-12-45(13-17-50)21-31(22-45)59-30-4-5-32-29(18-30)24-51(43(32)55)36-7-9-40(53)47-42(36)54/h4-5,18-20,25,27,31,36H,6-17,21-24,26H2,1-3H3,(H,46,52)(H,47,53,54). The van der Waals surface area contributed by atoms with E-state index in [0.29, 0.717) is 48.4 Å². The van der Waals surface area contributed by atoms with Gasteiger partial charge in [-0.3, -0.25) is 34.2 Å². The van der Waals surface area contributed by atoms with E-state index in [9.17, 15) is 24.0 Å². The van der Waals surface area contributed by atoms with Crippen LogP contribution in [0.3, 0.4) is 0 Å². The van der Waals surface area contributed by atoms with Crippen molar-refractivity contribution in [2.45, 2.75) is 89.4 Å². The van der Waals surface area contributed by atoms with Crippen molar-refractivity contribution < 1.29 is 33.4 Å². The van der Waals surface area contributed by atoms with Crippen molar-refractivity contribution in [3.63, 3.8) is 0 Å². The molecule has 0 radical (unpaired) electrons. The summed E-state index contributed by atoms with van der Waals surface area (Å²) in [6.45, 7) is 6.47. The number of anilines is 1. The fourth-order valence-electron chi connectivity index (χ4n) is 10.5. The van der Waals surface area contributed by atoms with Crippen LogP contribution in [-0.2, 0) is 40.9 Å². The number of carbonyl (C=O) groups is 4. The highest BCUT2D eigenvalue weighted by atomic mass is 16.5. The number of hydrogen-bond donors (Lipinski definition) is 2. The molecule has 0 bridgehead atoms. The molecule has 1 unspecified atom stereocenters. The minimum absolute atomic E-state index is 0.140. The van der Waals surface area contributed by atoms with Gasteiger partial charge >= 0.3 is 0 Å². The average Bonchev–Trinajstić information content (AvgIpc) is 3.54. The van der Waals surface area contributed by atoms with E-state index in [1.54, 1.807) is 26.2 Å². The number of nitrogens with one attached hydrogen (secondary N) is 2. The smallest absolute Gasteiger partial charge is 0.274 e. The number of likely N-dealkylation sites (tertiary alicyclic amines) is 2. The zero-order chi connectivity index (χ0) is 41.0. The van der Waals surface area contributed by atoms with E-state index in [4.69, 9.17) is 14.2 Å². The van der Waals surface area contributed by atoms with Crippen LogP contribution in [-0.4, -0.2) is 102 Å². The highest BCUT2D eigenvalue weighted by Crippen LogP contribution is 2.51. The Morgan fingerprint density at radius 1 is 0.797 bits per heavy atom. The first-order valence-corrected chi connectivity index (χ1v) is 21.2. The van der Waals surface area contributed by atoms with Gasteiger partial charge in [-0.05, 0) is 136 Å². The monoisotopic (exact) mass is 806 g/mol. The number of ether oxygens (including phenoxy) is 3. The molecule has 1 aliphatic carbocycles. The summed E-state index contributed by atoms with van der Waals surface area (Å²) in [7, 11) is 5.07. The molecule has 2 aromatic carbocycles. The predicted molar refractivity (Wildman–Crippen MR) is 219 cm³/mol. The summed E-state index contributed by atoms with van der Waals surface area (Å²) in [5.74, 6) is 1.95. The number of pyridine rings is 1. The molecule has 6 aliphatic rings. The third kappa shape index (κ3) is 7.61. The molecule has 312 valence electrons. The van der Waals surface area contributed by atoms with Gasteiger partial charge in [-0.25, -0.2) is 0 Å². The molecule has 9 rings (SSSR count).